The summed E-state index contributed by atoms with van der Waals surface area (Å²) >= 11 is 0. The van der Waals surface area contributed by atoms with Crippen molar-refractivity contribution in [1.82, 2.24) is 10.2 Å². The van der Waals surface area contributed by atoms with Crippen LogP contribution in [0.15, 0.2) is 48.6 Å². The standard InChI is InChI=1S/C46H80N2O7/c1-5-7-9-11-13-15-17-19-21-23-25-27-29-31-33-35-43(49)54-42-40-52-41(39-53-46(51)47-37-38-48(3)4)45(42)55-44(50)36-34-32-30-28-26-24-22-20-18-16-14-12-10-8-6-2/h13-16,19-22,41-42,45H,5-12,17-18,23-40H2,1-4H3,(H,47,51)/b15-13-,16-14-,21-19-,22-20-/t41-,42+,45+/m1/s1. The number of likely N-dealkylation sites (N-methyl/N-ethyl adjacent to an activating group) is 1. The van der Waals surface area contributed by atoms with Gasteiger partial charge in [0.25, 0.3) is 0 Å². The smallest absolute Gasteiger partial charge is 0.407 e. The van der Waals surface area contributed by atoms with E-state index in [2.05, 4.69) is 67.8 Å². The first-order valence-electron chi connectivity index (χ1n) is 22.0. The molecule has 0 aromatic carbocycles. The zero-order valence-electron chi connectivity index (χ0n) is 35.5. The molecule has 9 nitrogen and oxygen atoms in total. The normalized spacial score (nSPS) is 17.4. The maximum Gasteiger partial charge on any atom is 0.407 e. The number of carbonyl (C=O) groups is 3. The van der Waals surface area contributed by atoms with E-state index < -0.39 is 24.4 Å². The van der Waals surface area contributed by atoms with Crippen LogP contribution in [0.25, 0.3) is 0 Å². The summed E-state index contributed by atoms with van der Waals surface area (Å²) in [4.78, 5) is 39.9. The molecule has 3 atom stereocenters. The monoisotopic (exact) mass is 773 g/mol. The molecule has 9 heteroatoms. The average Bonchev–Trinajstić information content (AvgIpc) is 3.53. The van der Waals surface area contributed by atoms with Crippen molar-refractivity contribution < 1.29 is 33.3 Å². The Hall–Kier alpha value is -2.91. The van der Waals surface area contributed by atoms with E-state index >= 15 is 0 Å². The van der Waals surface area contributed by atoms with Crippen molar-refractivity contribution in [2.75, 3.05) is 40.4 Å². The van der Waals surface area contributed by atoms with Gasteiger partial charge in [-0.1, -0.05) is 127 Å². The predicted octanol–water partition coefficient (Wildman–Crippen LogP) is 11.1. The molecular formula is C46H80N2O7. The molecule has 0 aliphatic carbocycles. The van der Waals surface area contributed by atoms with Crippen molar-refractivity contribution in [3.05, 3.63) is 48.6 Å². The van der Waals surface area contributed by atoms with Crippen molar-refractivity contribution in [3.63, 3.8) is 0 Å². The first-order chi connectivity index (χ1) is 26.9. The summed E-state index contributed by atoms with van der Waals surface area (Å²) in [5.41, 5.74) is 0. The van der Waals surface area contributed by atoms with E-state index in [-0.39, 0.29) is 31.6 Å². The van der Waals surface area contributed by atoms with Gasteiger partial charge in [-0.25, -0.2) is 4.79 Å². The van der Waals surface area contributed by atoms with Crippen LogP contribution < -0.4 is 5.32 Å². The third-order valence-corrected chi connectivity index (χ3v) is 9.63. The zero-order chi connectivity index (χ0) is 40.0. The van der Waals surface area contributed by atoms with Crippen LogP contribution in [0, 0.1) is 0 Å². The van der Waals surface area contributed by atoms with Gasteiger partial charge in [0.05, 0.1) is 6.61 Å². The number of nitrogens with zero attached hydrogens (tertiary/aromatic N) is 1. The minimum absolute atomic E-state index is 0.0891. The van der Waals surface area contributed by atoms with Gasteiger partial charge in [0.15, 0.2) is 12.2 Å². The van der Waals surface area contributed by atoms with E-state index in [1.807, 2.05) is 19.0 Å². The molecule has 1 saturated heterocycles. The molecule has 55 heavy (non-hydrogen) atoms. The maximum atomic E-state index is 12.9. The second kappa shape index (κ2) is 36.7. The van der Waals surface area contributed by atoms with Crippen molar-refractivity contribution >= 4 is 18.0 Å². The number of hydrogen-bond acceptors (Lipinski definition) is 8. The Morgan fingerprint density at radius 1 is 0.618 bits per heavy atom. The molecule has 0 saturated carbocycles. The number of unbranched alkanes of at least 4 members (excludes halogenated alkanes) is 16. The molecule has 316 valence electrons. The number of amides is 1. The molecule has 0 unspecified atom stereocenters. The number of nitrogens with one attached hydrogen (secondary N) is 1. The van der Waals surface area contributed by atoms with Gasteiger partial charge in [-0.2, -0.15) is 0 Å². The van der Waals surface area contributed by atoms with Gasteiger partial charge in [0.1, 0.15) is 12.7 Å². The molecule has 1 aliphatic heterocycles. The molecule has 0 radical (unpaired) electrons. The highest BCUT2D eigenvalue weighted by molar-refractivity contribution is 5.71. The number of carbonyl (C=O) groups excluding carboxylic acids is 3. The van der Waals surface area contributed by atoms with Crippen molar-refractivity contribution in [2.45, 2.75) is 186 Å². The van der Waals surface area contributed by atoms with Crippen LogP contribution >= 0.6 is 0 Å². The molecular weight excluding hydrogens is 693 g/mol. The van der Waals surface area contributed by atoms with Gasteiger partial charge in [0, 0.05) is 25.9 Å². The Morgan fingerprint density at radius 3 is 1.56 bits per heavy atom. The van der Waals surface area contributed by atoms with Gasteiger partial charge in [-0.3, -0.25) is 9.59 Å². The molecule has 1 aliphatic rings. The molecule has 0 aromatic rings. The summed E-state index contributed by atoms with van der Waals surface area (Å²) in [5.74, 6) is -0.673. The highest BCUT2D eigenvalue weighted by atomic mass is 16.6. The lowest BCUT2D eigenvalue weighted by molar-refractivity contribution is -0.166. The molecule has 0 aromatic heterocycles. The largest absolute Gasteiger partial charge is 0.456 e. The highest BCUT2D eigenvalue weighted by Crippen LogP contribution is 2.23. The van der Waals surface area contributed by atoms with Crippen molar-refractivity contribution in [2.24, 2.45) is 0 Å². The van der Waals surface area contributed by atoms with Gasteiger partial charge in [-0.15, -0.1) is 0 Å². The average molecular weight is 773 g/mol. The molecule has 0 bridgehead atoms. The molecule has 1 rings (SSSR count). The number of esters is 2. The van der Waals surface area contributed by atoms with Crippen LogP contribution in [0.2, 0.25) is 0 Å². The lowest BCUT2D eigenvalue weighted by Crippen LogP contribution is -2.41. The van der Waals surface area contributed by atoms with Crippen molar-refractivity contribution in [1.29, 1.82) is 0 Å². The number of hydrogen-bond donors (Lipinski definition) is 1. The van der Waals surface area contributed by atoms with Crippen LogP contribution in [0.3, 0.4) is 0 Å². The molecule has 1 N–H and O–H groups in total. The maximum absolute atomic E-state index is 12.9. The third-order valence-electron chi connectivity index (χ3n) is 9.63. The lowest BCUT2D eigenvalue weighted by atomic mass is 10.1. The Kier molecular flexibility index (Phi) is 33.4. The fraction of sp³-hybridized carbons (Fsp3) is 0.761. The van der Waals surface area contributed by atoms with Crippen LogP contribution in [0.4, 0.5) is 4.79 Å². The fourth-order valence-corrected chi connectivity index (χ4v) is 6.23. The summed E-state index contributed by atoms with van der Waals surface area (Å²) in [6, 6.07) is 0. The second-order valence-electron chi connectivity index (χ2n) is 15.1. The van der Waals surface area contributed by atoms with Gasteiger partial charge < -0.3 is 29.2 Å². The zero-order valence-corrected chi connectivity index (χ0v) is 35.5. The molecule has 0 spiro atoms. The van der Waals surface area contributed by atoms with Crippen LogP contribution in [0.5, 0.6) is 0 Å². The predicted molar refractivity (Wildman–Crippen MR) is 226 cm³/mol. The minimum atomic E-state index is -0.825. The Morgan fingerprint density at radius 2 is 1.07 bits per heavy atom. The Balaban J connectivity index is 2.38. The van der Waals surface area contributed by atoms with Crippen molar-refractivity contribution in [3.8, 4) is 0 Å². The first kappa shape index (κ1) is 50.1. The number of alkyl carbamates (subject to hydrolysis) is 1. The van der Waals surface area contributed by atoms with E-state index in [1.54, 1.807) is 0 Å². The summed E-state index contributed by atoms with van der Waals surface area (Å²) in [6.07, 6.45) is 40.3. The van der Waals surface area contributed by atoms with Gasteiger partial charge >= 0.3 is 18.0 Å². The van der Waals surface area contributed by atoms with E-state index in [0.29, 0.717) is 19.5 Å². The van der Waals surface area contributed by atoms with E-state index in [9.17, 15) is 14.4 Å². The molecule has 1 heterocycles. The van der Waals surface area contributed by atoms with Gasteiger partial charge in [0.2, 0.25) is 0 Å². The topological polar surface area (TPSA) is 103 Å². The van der Waals surface area contributed by atoms with Crippen LogP contribution in [-0.4, -0.2) is 81.6 Å². The Labute approximate surface area is 336 Å². The number of ether oxygens (including phenoxy) is 4. The summed E-state index contributed by atoms with van der Waals surface area (Å²) < 4.78 is 22.9. The van der Waals surface area contributed by atoms with E-state index in [0.717, 1.165) is 89.9 Å². The quantitative estimate of drug-likeness (QED) is 0.0294. The lowest BCUT2D eigenvalue weighted by Gasteiger charge is -2.23. The van der Waals surface area contributed by atoms with E-state index in [4.69, 9.17) is 18.9 Å². The first-order valence-corrected chi connectivity index (χ1v) is 22.0. The Bertz CT molecular complexity index is 1070. The summed E-state index contributed by atoms with van der Waals surface area (Å²) in [5, 5.41) is 2.71. The number of allylic oxidation sites excluding steroid dienone is 8. The summed E-state index contributed by atoms with van der Waals surface area (Å²) in [7, 11) is 3.84. The molecule has 1 amide bonds. The second-order valence-corrected chi connectivity index (χ2v) is 15.1. The third kappa shape index (κ3) is 30.9. The van der Waals surface area contributed by atoms with Gasteiger partial charge in [-0.05, 0) is 91.1 Å². The SMILES string of the molecule is CCCCC/C=C\C/C=C\CCCCCCCC(=O)O[C@@H]1[C@@H](OC(=O)CCCCCCC/C=C\C/C=C\CCCCC)CO[C@@H]1COC(=O)NCCN(C)C. The van der Waals surface area contributed by atoms with Crippen LogP contribution in [-0.2, 0) is 28.5 Å². The van der Waals surface area contributed by atoms with Crippen LogP contribution in [0.1, 0.15) is 168 Å². The minimum Gasteiger partial charge on any atom is -0.456 e. The number of rotatable bonds is 35. The fourth-order valence-electron chi connectivity index (χ4n) is 6.23. The summed E-state index contributed by atoms with van der Waals surface area (Å²) in [6.45, 7) is 5.57. The highest BCUT2D eigenvalue weighted by Gasteiger charge is 2.43. The molecule has 1 fully saturated rings. The van der Waals surface area contributed by atoms with E-state index in [1.165, 1.54) is 51.4 Å².